The van der Waals surface area contributed by atoms with Gasteiger partial charge >= 0.3 is 0 Å². The minimum absolute atomic E-state index is 0.107. The van der Waals surface area contributed by atoms with Crippen LogP contribution in [0.2, 0.25) is 0 Å². The van der Waals surface area contributed by atoms with Gasteiger partial charge in [-0.1, -0.05) is 21.0 Å². The molecule has 2 aromatic rings. The summed E-state index contributed by atoms with van der Waals surface area (Å²) >= 11 is 0. The van der Waals surface area contributed by atoms with Gasteiger partial charge in [0.2, 0.25) is 20.0 Å². The number of rotatable bonds is 7. The van der Waals surface area contributed by atoms with Crippen molar-refractivity contribution in [2.24, 2.45) is 0 Å². The number of benzene rings is 1. The van der Waals surface area contributed by atoms with Crippen LogP contribution >= 0.6 is 0 Å². The van der Waals surface area contributed by atoms with Crippen LogP contribution in [-0.4, -0.2) is 54.4 Å². The summed E-state index contributed by atoms with van der Waals surface area (Å²) < 4.78 is 77.0. The molecule has 0 aliphatic carbocycles. The third-order valence-corrected chi connectivity index (χ3v) is 6.74. The number of hydrogen-bond acceptors (Lipinski definition) is 9. The molecule has 0 amide bonds. The van der Waals surface area contributed by atoms with Crippen molar-refractivity contribution in [1.29, 1.82) is 5.41 Å². The van der Waals surface area contributed by atoms with Gasteiger partial charge in [0.05, 0.1) is 24.7 Å². The van der Waals surface area contributed by atoms with Gasteiger partial charge in [0, 0.05) is 5.56 Å². The summed E-state index contributed by atoms with van der Waals surface area (Å²) in [4.78, 5) is 0. The Hall–Kier alpha value is -2.49. The van der Waals surface area contributed by atoms with Crippen LogP contribution in [0.15, 0.2) is 28.9 Å². The molecule has 154 valence electrons. The number of nitrogens with one attached hydrogen (secondary N) is 1. The Morgan fingerprint density at radius 2 is 1.82 bits per heavy atom. The van der Waals surface area contributed by atoms with Crippen LogP contribution in [0.1, 0.15) is 23.4 Å². The normalized spacial score (nSPS) is 12.5. The Labute approximate surface area is 158 Å². The second-order valence-electron chi connectivity index (χ2n) is 5.57. The number of anilines is 1. The molecular weight excluding hydrogens is 424 g/mol. The first-order valence-corrected chi connectivity index (χ1v) is 11.0. The standard InChI is InChI=1S/C13H15F2N5O6S2/c1-27(22,23)19(28(2,24)25)7-10-11(18-26-17-10)13(16)20(21)9-5-3-4-8(6-9)12(14)15/h3-6,12,16,21H,7H2,1-2H3. The molecule has 0 aliphatic rings. The first-order valence-electron chi connectivity index (χ1n) is 7.27. The summed E-state index contributed by atoms with van der Waals surface area (Å²) in [5, 5.41) is 25.0. The Bertz CT molecular complexity index is 1050. The maximum atomic E-state index is 12.8. The molecule has 0 fully saturated rings. The lowest BCUT2D eigenvalue weighted by molar-refractivity contribution is 0.151. The van der Waals surface area contributed by atoms with Crippen LogP contribution in [0, 0.1) is 5.41 Å². The minimum atomic E-state index is -4.22. The number of sulfonamides is 2. The summed E-state index contributed by atoms with van der Waals surface area (Å²) in [6, 6.07) is 4.49. The SMILES string of the molecule is CS(=O)(=O)N(Cc1nonc1C(=N)N(O)c1cccc(C(F)F)c1)S(C)(=O)=O. The van der Waals surface area contributed by atoms with Gasteiger partial charge < -0.3 is 0 Å². The van der Waals surface area contributed by atoms with E-state index < -0.39 is 50.1 Å². The zero-order valence-corrected chi connectivity index (χ0v) is 16.1. The molecule has 2 N–H and O–H groups in total. The van der Waals surface area contributed by atoms with Crippen molar-refractivity contribution in [2.75, 3.05) is 17.6 Å². The fourth-order valence-electron chi connectivity index (χ4n) is 2.11. The molecule has 0 radical (unpaired) electrons. The summed E-state index contributed by atoms with van der Waals surface area (Å²) in [7, 11) is -8.45. The van der Waals surface area contributed by atoms with E-state index in [1.54, 1.807) is 0 Å². The number of hydroxylamine groups is 1. The van der Waals surface area contributed by atoms with Crippen LogP contribution in [0.5, 0.6) is 0 Å². The van der Waals surface area contributed by atoms with Crippen molar-refractivity contribution < 1.29 is 35.5 Å². The Morgan fingerprint density at radius 3 is 2.36 bits per heavy atom. The van der Waals surface area contributed by atoms with E-state index in [2.05, 4.69) is 14.9 Å². The third-order valence-electron chi connectivity index (χ3n) is 3.38. The lowest BCUT2D eigenvalue weighted by atomic mass is 10.2. The number of hydrogen-bond donors (Lipinski definition) is 2. The molecule has 0 saturated heterocycles. The van der Waals surface area contributed by atoms with Gasteiger partial charge in [0.1, 0.15) is 5.69 Å². The smallest absolute Gasteiger partial charge is 0.263 e. The van der Waals surface area contributed by atoms with Gasteiger partial charge in [-0.15, -0.1) is 0 Å². The summed E-state index contributed by atoms with van der Waals surface area (Å²) in [5.41, 5.74) is -1.49. The zero-order valence-electron chi connectivity index (χ0n) is 14.4. The van der Waals surface area contributed by atoms with Crippen molar-refractivity contribution in [2.45, 2.75) is 13.0 Å². The topological polar surface area (TPSA) is 158 Å². The largest absolute Gasteiger partial charge is 0.282 e. The molecular formula is C13H15F2N5O6S2. The lowest BCUT2D eigenvalue weighted by Crippen LogP contribution is -2.36. The quantitative estimate of drug-likeness (QED) is 0.364. The predicted octanol–water partition coefficient (Wildman–Crippen LogP) is 0.950. The molecule has 11 nitrogen and oxygen atoms in total. The Kier molecular flexibility index (Phi) is 6.12. The number of alkyl halides is 2. The average Bonchev–Trinajstić information content (AvgIpc) is 3.04. The molecule has 0 atom stereocenters. The Balaban J connectivity index is 2.37. The number of halogens is 2. The van der Waals surface area contributed by atoms with Crippen molar-refractivity contribution in [3.8, 4) is 0 Å². The number of nitrogens with zero attached hydrogens (tertiary/aromatic N) is 4. The monoisotopic (exact) mass is 439 g/mol. The maximum Gasteiger partial charge on any atom is 0.263 e. The summed E-state index contributed by atoms with van der Waals surface area (Å²) in [6.07, 6.45) is -1.51. The number of amidine groups is 1. The fourth-order valence-corrected chi connectivity index (χ4v) is 4.80. The molecule has 0 unspecified atom stereocenters. The van der Waals surface area contributed by atoms with Crippen LogP contribution < -0.4 is 5.06 Å². The zero-order chi connectivity index (χ0) is 21.3. The van der Waals surface area contributed by atoms with E-state index >= 15 is 0 Å². The highest BCUT2D eigenvalue weighted by molar-refractivity contribution is 8.03. The number of aromatic nitrogens is 2. The molecule has 1 heterocycles. The Morgan fingerprint density at radius 1 is 1.21 bits per heavy atom. The van der Waals surface area contributed by atoms with Crippen LogP contribution in [-0.2, 0) is 26.6 Å². The highest BCUT2D eigenvalue weighted by Crippen LogP contribution is 2.24. The van der Waals surface area contributed by atoms with Gasteiger partial charge in [-0.05, 0) is 17.3 Å². The van der Waals surface area contributed by atoms with E-state index in [-0.39, 0.29) is 20.2 Å². The van der Waals surface area contributed by atoms with E-state index in [1.807, 2.05) is 0 Å². The highest BCUT2D eigenvalue weighted by atomic mass is 32.3. The van der Waals surface area contributed by atoms with Crippen molar-refractivity contribution in [3.63, 3.8) is 0 Å². The molecule has 28 heavy (non-hydrogen) atoms. The van der Waals surface area contributed by atoms with Crippen LogP contribution in [0.25, 0.3) is 0 Å². The first kappa shape index (κ1) is 21.8. The third kappa shape index (κ3) is 4.86. The maximum absolute atomic E-state index is 12.8. The van der Waals surface area contributed by atoms with Crippen molar-refractivity contribution >= 4 is 31.6 Å². The molecule has 15 heteroatoms. The van der Waals surface area contributed by atoms with Gasteiger partial charge in [0.25, 0.3) is 6.43 Å². The lowest BCUT2D eigenvalue weighted by Gasteiger charge is -2.19. The van der Waals surface area contributed by atoms with E-state index in [1.165, 1.54) is 12.1 Å². The summed E-state index contributed by atoms with van der Waals surface area (Å²) in [6.45, 7) is -0.843. The highest BCUT2D eigenvalue weighted by Gasteiger charge is 2.31. The minimum Gasteiger partial charge on any atom is -0.282 e. The van der Waals surface area contributed by atoms with Gasteiger partial charge in [-0.25, -0.2) is 35.3 Å². The van der Waals surface area contributed by atoms with Crippen molar-refractivity contribution in [1.82, 2.24) is 14.0 Å². The predicted molar refractivity (Wildman–Crippen MR) is 92.0 cm³/mol. The molecule has 0 spiro atoms. The van der Waals surface area contributed by atoms with Gasteiger partial charge in [-0.3, -0.25) is 10.6 Å². The van der Waals surface area contributed by atoms with Crippen LogP contribution in [0.3, 0.4) is 0 Å². The molecule has 0 bridgehead atoms. The fraction of sp³-hybridized carbons (Fsp3) is 0.308. The van der Waals surface area contributed by atoms with Crippen LogP contribution in [0.4, 0.5) is 14.5 Å². The molecule has 0 aliphatic heterocycles. The average molecular weight is 439 g/mol. The van der Waals surface area contributed by atoms with Gasteiger partial charge in [0.15, 0.2) is 11.5 Å². The van der Waals surface area contributed by atoms with Crippen molar-refractivity contribution in [3.05, 3.63) is 41.2 Å². The van der Waals surface area contributed by atoms with E-state index in [0.717, 1.165) is 12.1 Å². The van der Waals surface area contributed by atoms with E-state index in [0.29, 0.717) is 12.5 Å². The van der Waals surface area contributed by atoms with E-state index in [4.69, 9.17) is 5.41 Å². The molecule has 0 saturated carbocycles. The second kappa shape index (κ2) is 7.86. The first-order chi connectivity index (χ1) is 12.8. The van der Waals surface area contributed by atoms with Gasteiger partial charge in [-0.2, -0.15) is 0 Å². The molecule has 2 rings (SSSR count). The second-order valence-corrected chi connectivity index (χ2v) is 9.62. The molecule has 1 aromatic heterocycles. The summed E-state index contributed by atoms with van der Waals surface area (Å²) in [5.74, 6) is -0.801. The van der Waals surface area contributed by atoms with E-state index in [9.17, 15) is 30.8 Å². The molecule has 1 aromatic carbocycles.